The molecule has 17 heavy (non-hydrogen) atoms. The molecular weight excluding hydrogens is 215 g/mol. The molecule has 0 spiro atoms. The van der Waals surface area contributed by atoms with Crippen LogP contribution in [0.15, 0.2) is 30.3 Å². The molecule has 1 atom stereocenters. The summed E-state index contributed by atoms with van der Waals surface area (Å²) in [5.74, 6) is 0.0989. The summed E-state index contributed by atoms with van der Waals surface area (Å²) in [7, 11) is 1.94. The quantitative estimate of drug-likeness (QED) is 0.709. The molecule has 1 aromatic carbocycles. The van der Waals surface area contributed by atoms with Gasteiger partial charge in [0.25, 0.3) is 0 Å². The second-order valence-corrected chi connectivity index (χ2v) is 4.04. The third kappa shape index (κ3) is 5.97. The van der Waals surface area contributed by atoms with Crippen molar-refractivity contribution in [2.24, 2.45) is 5.73 Å². The Morgan fingerprint density at radius 1 is 1.41 bits per heavy atom. The molecular formula is C12H19BN2O2. The number of rotatable bonds is 6. The van der Waals surface area contributed by atoms with Gasteiger partial charge in [-0.1, -0.05) is 30.3 Å². The van der Waals surface area contributed by atoms with Gasteiger partial charge in [-0.05, 0) is 24.9 Å². The molecule has 0 unspecified atom stereocenters. The van der Waals surface area contributed by atoms with Gasteiger partial charge < -0.3 is 15.8 Å². The minimum Gasteiger partial charge on any atom is -0.445 e. The monoisotopic (exact) mass is 234 g/mol. The Morgan fingerprint density at radius 3 is 2.76 bits per heavy atom. The Labute approximate surface area is 103 Å². The van der Waals surface area contributed by atoms with Gasteiger partial charge in [0, 0.05) is 5.94 Å². The SMILES string of the molecule is B[C@H](CCCN)NC(=O)OCc1ccccc1. The van der Waals surface area contributed by atoms with Crippen LogP contribution in [0.4, 0.5) is 4.79 Å². The van der Waals surface area contributed by atoms with Gasteiger partial charge in [0.05, 0.1) is 0 Å². The van der Waals surface area contributed by atoms with E-state index in [0.717, 1.165) is 18.4 Å². The van der Waals surface area contributed by atoms with Gasteiger partial charge in [0.15, 0.2) is 0 Å². The number of nitrogens with two attached hydrogens (primary N) is 1. The summed E-state index contributed by atoms with van der Waals surface area (Å²) in [5, 5.41) is 2.77. The first-order valence-electron chi connectivity index (χ1n) is 5.89. The molecule has 1 rings (SSSR count). The molecule has 0 aromatic heterocycles. The van der Waals surface area contributed by atoms with Crippen molar-refractivity contribution < 1.29 is 9.53 Å². The molecule has 4 nitrogen and oxygen atoms in total. The van der Waals surface area contributed by atoms with Crippen molar-refractivity contribution in [1.82, 2.24) is 5.32 Å². The Bertz CT molecular complexity index is 333. The van der Waals surface area contributed by atoms with E-state index in [4.69, 9.17) is 10.5 Å². The van der Waals surface area contributed by atoms with Crippen molar-refractivity contribution in [1.29, 1.82) is 0 Å². The van der Waals surface area contributed by atoms with Crippen LogP contribution >= 0.6 is 0 Å². The van der Waals surface area contributed by atoms with Crippen LogP contribution in [0, 0.1) is 0 Å². The highest BCUT2D eigenvalue weighted by atomic mass is 16.5. The van der Waals surface area contributed by atoms with E-state index in [1.807, 2.05) is 38.2 Å². The molecule has 0 fully saturated rings. The normalized spacial score (nSPS) is 11.8. The van der Waals surface area contributed by atoms with Crippen molar-refractivity contribution >= 4 is 13.9 Å². The third-order valence-corrected chi connectivity index (χ3v) is 2.42. The maximum absolute atomic E-state index is 11.4. The summed E-state index contributed by atoms with van der Waals surface area (Å²) < 4.78 is 5.10. The standard InChI is InChI=1S/C12H19BN2O2/c13-11(7-4-8-14)15-12(16)17-9-10-5-2-1-3-6-10/h1-3,5-6,11H,4,7-9,13-14H2,(H,15,16)/t11-/m0/s1. The molecule has 3 N–H and O–H groups in total. The zero-order valence-electron chi connectivity index (χ0n) is 10.2. The predicted molar refractivity (Wildman–Crippen MR) is 70.4 cm³/mol. The summed E-state index contributed by atoms with van der Waals surface area (Å²) in [6, 6.07) is 9.61. The van der Waals surface area contributed by atoms with Gasteiger partial charge in [-0.2, -0.15) is 0 Å². The third-order valence-electron chi connectivity index (χ3n) is 2.42. The number of carbonyl (C=O) groups is 1. The van der Waals surface area contributed by atoms with Crippen molar-refractivity contribution in [3.05, 3.63) is 35.9 Å². The van der Waals surface area contributed by atoms with Crippen LogP contribution in [0.25, 0.3) is 0 Å². The summed E-state index contributed by atoms with van der Waals surface area (Å²) in [5.41, 5.74) is 6.38. The first kappa shape index (κ1) is 13.6. The zero-order chi connectivity index (χ0) is 12.5. The van der Waals surface area contributed by atoms with Crippen LogP contribution in [-0.4, -0.2) is 26.4 Å². The van der Waals surface area contributed by atoms with E-state index < -0.39 is 0 Å². The number of alkyl carbamates (subject to hydrolysis) is 1. The number of ether oxygens (including phenoxy) is 1. The van der Waals surface area contributed by atoms with Crippen molar-refractivity contribution in [2.45, 2.75) is 25.4 Å². The number of benzene rings is 1. The molecule has 0 aliphatic heterocycles. The Morgan fingerprint density at radius 2 is 2.12 bits per heavy atom. The van der Waals surface area contributed by atoms with Crippen molar-refractivity contribution in [2.75, 3.05) is 6.54 Å². The van der Waals surface area contributed by atoms with Crippen LogP contribution in [0.5, 0.6) is 0 Å². The fourth-order valence-corrected chi connectivity index (χ4v) is 1.46. The number of hydrogen-bond acceptors (Lipinski definition) is 3. The molecule has 0 aliphatic carbocycles. The number of amides is 1. The molecule has 1 aromatic rings. The molecule has 0 aliphatic rings. The van der Waals surface area contributed by atoms with Crippen LogP contribution < -0.4 is 11.1 Å². The maximum Gasteiger partial charge on any atom is 0.407 e. The van der Waals surface area contributed by atoms with Crippen LogP contribution in [0.3, 0.4) is 0 Å². The Hall–Kier alpha value is -1.49. The first-order chi connectivity index (χ1) is 8.22. The lowest BCUT2D eigenvalue weighted by atomic mass is 9.92. The van der Waals surface area contributed by atoms with Crippen LogP contribution in [-0.2, 0) is 11.3 Å². The van der Waals surface area contributed by atoms with E-state index >= 15 is 0 Å². The molecule has 0 heterocycles. The van der Waals surface area contributed by atoms with E-state index in [2.05, 4.69) is 5.32 Å². The highest BCUT2D eigenvalue weighted by Crippen LogP contribution is 2.01. The van der Waals surface area contributed by atoms with Gasteiger partial charge in [-0.25, -0.2) is 4.79 Å². The minimum atomic E-state index is -0.377. The number of hydrogen-bond donors (Lipinski definition) is 2. The predicted octanol–water partition coefficient (Wildman–Crippen LogP) is 0.611. The average molecular weight is 234 g/mol. The molecule has 5 heteroatoms. The lowest BCUT2D eigenvalue weighted by molar-refractivity contribution is 0.138. The average Bonchev–Trinajstić information content (AvgIpc) is 2.35. The molecule has 0 bridgehead atoms. The van der Waals surface area contributed by atoms with Gasteiger partial charge >= 0.3 is 6.09 Å². The topological polar surface area (TPSA) is 64.3 Å². The van der Waals surface area contributed by atoms with Crippen molar-refractivity contribution in [3.63, 3.8) is 0 Å². The molecule has 92 valence electrons. The first-order valence-corrected chi connectivity index (χ1v) is 5.89. The zero-order valence-corrected chi connectivity index (χ0v) is 10.2. The highest BCUT2D eigenvalue weighted by Gasteiger charge is 2.07. The van der Waals surface area contributed by atoms with E-state index in [1.54, 1.807) is 0 Å². The molecule has 1 amide bonds. The molecule has 0 saturated heterocycles. The number of nitrogens with one attached hydrogen (secondary N) is 1. The largest absolute Gasteiger partial charge is 0.445 e. The molecule has 0 radical (unpaired) electrons. The number of carbonyl (C=O) groups excluding carboxylic acids is 1. The molecule has 0 saturated carbocycles. The van der Waals surface area contributed by atoms with E-state index in [9.17, 15) is 4.79 Å². The lowest BCUT2D eigenvalue weighted by Gasteiger charge is -2.13. The second-order valence-electron chi connectivity index (χ2n) is 4.04. The Kier molecular flexibility index (Phi) is 6.18. The summed E-state index contributed by atoms with van der Waals surface area (Å²) in [4.78, 5) is 11.4. The lowest BCUT2D eigenvalue weighted by Crippen LogP contribution is -2.35. The van der Waals surface area contributed by atoms with E-state index in [1.165, 1.54) is 0 Å². The second kappa shape index (κ2) is 7.73. The van der Waals surface area contributed by atoms with Gasteiger partial charge in [-0.15, -0.1) is 0 Å². The minimum absolute atomic E-state index is 0.0989. The summed E-state index contributed by atoms with van der Waals surface area (Å²) >= 11 is 0. The van der Waals surface area contributed by atoms with Gasteiger partial charge in [0.1, 0.15) is 14.5 Å². The van der Waals surface area contributed by atoms with E-state index in [-0.39, 0.29) is 12.0 Å². The van der Waals surface area contributed by atoms with Gasteiger partial charge in [-0.3, -0.25) is 0 Å². The summed E-state index contributed by atoms with van der Waals surface area (Å²) in [6.45, 7) is 0.946. The van der Waals surface area contributed by atoms with Gasteiger partial charge in [0.2, 0.25) is 0 Å². The fraction of sp³-hybridized carbons (Fsp3) is 0.417. The van der Waals surface area contributed by atoms with Crippen LogP contribution in [0.1, 0.15) is 18.4 Å². The highest BCUT2D eigenvalue weighted by molar-refractivity contribution is 6.12. The van der Waals surface area contributed by atoms with E-state index in [0.29, 0.717) is 13.2 Å². The Balaban J connectivity index is 2.21. The smallest absolute Gasteiger partial charge is 0.407 e. The fourth-order valence-electron chi connectivity index (χ4n) is 1.46. The summed E-state index contributed by atoms with van der Waals surface area (Å²) in [6.07, 6.45) is 1.40. The van der Waals surface area contributed by atoms with Crippen LogP contribution in [0.2, 0.25) is 0 Å². The van der Waals surface area contributed by atoms with Crippen molar-refractivity contribution in [3.8, 4) is 0 Å². The maximum atomic E-state index is 11.4.